The second-order valence-corrected chi connectivity index (χ2v) is 1.52. The SMILES string of the molecule is O=C(O)c1ccccn1.[Ir]. The van der Waals surface area contributed by atoms with Gasteiger partial charge >= 0.3 is 5.97 Å². The average molecular weight is 315 g/mol. The Morgan fingerprint density at radius 1 is 1.50 bits per heavy atom. The van der Waals surface area contributed by atoms with Crippen LogP contribution in [0.25, 0.3) is 0 Å². The number of aromatic nitrogens is 1. The van der Waals surface area contributed by atoms with Gasteiger partial charge in [-0.3, -0.25) is 0 Å². The first kappa shape index (κ1) is 9.27. The molecule has 10 heavy (non-hydrogen) atoms. The van der Waals surface area contributed by atoms with Crippen LogP contribution in [0.3, 0.4) is 0 Å². The molecule has 0 amide bonds. The summed E-state index contributed by atoms with van der Waals surface area (Å²) in [5.74, 6) is -0.990. The maximum atomic E-state index is 10.1. The summed E-state index contributed by atoms with van der Waals surface area (Å²) < 4.78 is 0. The van der Waals surface area contributed by atoms with E-state index in [2.05, 4.69) is 4.98 Å². The van der Waals surface area contributed by atoms with Crippen LogP contribution in [0.4, 0.5) is 0 Å². The molecule has 0 spiro atoms. The van der Waals surface area contributed by atoms with Gasteiger partial charge in [-0.05, 0) is 12.1 Å². The van der Waals surface area contributed by atoms with Crippen LogP contribution in [0.2, 0.25) is 0 Å². The van der Waals surface area contributed by atoms with Crippen LogP contribution in [-0.2, 0) is 20.1 Å². The molecule has 55 valence electrons. The predicted molar refractivity (Wildman–Crippen MR) is 31.2 cm³/mol. The van der Waals surface area contributed by atoms with Gasteiger partial charge in [-0.1, -0.05) is 6.07 Å². The zero-order chi connectivity index (χ0) is 6.69. The summed E-state index contributed by atoms with van der Waals surface area (Å²) in [7, 11) is 0. The molecule has 1 N–H and O–H groups in total. The van der Waals surface area contributed by atoms with Gasteiger partial charge in [0.15, 0.2) is 0 Å². The average Bonchev–Trinajstić information content (AvgIpc) is 1.90. The van der Waals surface area contributed by atoms with Crippen molar-refractivity contribution in [2.24, 2.45) is 0 Å². The fourth-order valence-corrected chi connectivity index (χ4v) is 0.489. The molecular weight excluding hydrogens is 310 g/mol. The topological polar surface area (TPSA) is 50.2 Å². The second-order valence-electron chi connectivity index (χ2n) is 1.52. The molecule has 0 unspecified atom stereocenters. The maximum absolute atomic E-state index is 10.1. The monoisotopic (exact) mass is 316 g/mol. The molecule has 0 bridgehead atoms. The number of nitrogens with zero attached hydrogens (tertiary/aromatic N) is 1. The molecule has 0 aliphatic carbocycles. The number of hydrogen-bond acceptors (Lipinski definition) is 2. The van der Waals surface area contributed by atoms with Crippen molar-refractivity contribution in [3.63, 3.8) is 0 Å². The van der Waals surface area contributed by atoms with E-state index in [0.717, 1.165) is 0 Å². The van der Waals surface area contributed by atoms with Gasteiger partial charge in [0.25, 0.3) is 0 Å². The molecule has 1 aromatic rings. The van der Waals surface area contributed by atoms with Crippen LogP contribution < -0.4 is 0 Å². The van der Waals surface area contributed by atoms with Gasteiger partial charge in [0.2, 0.25) is 0 Å². The standard InChI is InChI=1S/C6H5NO2.Ir/c8-6(9)5-3-1-2-4-7-5;/h1-4H,(H,8,9);. The van der Waals surface area contributed by atoms with Crippen molar-refractivity contribution in [2.75, 3.05) is 0 Å². The van der Waals surface area contributed by atoms with E-state index >= 15 is 0 Å². The molecule has 3 nitrogen and oxygen atoms in total. The first-order valence-electron chi connectivity index (χ1n) is 2.45. The first-order valence-corrected chi connectivity index (χ1v) is 2.45. The van der Waals surface area contributed by atoms with Crippen LogP contribution in [0.15, 0.2) is 24.4 Å². The molecule has 0 atom stereocenters. The Labute approximate surface area is 71.5 Å². The van der Waals surface area contributed by atoms with Crippen molar-refractivity contribution < 1.29 is 30.0 Å². The molecule has 0 saturated carbocycles. The van der Waals surface area contributed by atoms with Crippen LogP contribution in [0, 0.1) is 0 Å². The molecule has 0 saturated heterocycles. The molecule has 4 heteroatoms. The smallest absolute Gasteiger partial charge is 0.354 e. The number of pyridine rings is 1. The number of carbonyl (C=O) groups is 1. The Morgan fingerprint density at radius 2 is 2.20 bits per heavy atom. The van der Waals surface area contributed by atoms with Gasteiger partial charge in [-0.25, -0.2) is 9.78 Å². The molecule has 1 heterocycles. The van der Waals surface area contributed by atoms with E-state index in [4.69, 9.17) is 5.11 Å². The van der Waals surface area contributed by atoms with Gasteiger partial charge in [-0.2, -0.15) is 0 Å². The molecule has 0 aromatic carbocycles. The largest absolute Gasteiger partial charge is 0.477 e. The van der Waals surface area contributed by atoms with Crippen molar-refractivity contribution in [3.05, 3.63) is 30.1 Å². The summed E-state index contributed by atoms with van der Waals surface area (Å²) in [5, 5.41) is 8.32. The van der Waals surface area contributed by atoms with Crippen molar-refractivity contribution in [3.8, 4) is 0 Å². The molecule has 1 aromatic heterocycles. The van der Waals surface area contributed by atoms with Gasteiger partial charge in [0.1, 0.15) is 5.69 Å². The molecule has 0 aliphatic rings. The predicted octanol–water partition coefficient (Wildman–Crippen LogP) is 0.777. The fourth-order valence-electron chi connectivity index (χ4n) is 0.489. The van der Waals surface area contributed by atoms with Crippen molar-refractivity contribution in [1.82, 2.24) is 4.98 Å². The van der Waals surface area contributed by atoms with Crippen LogP contribution in [-0.4, -0.2) is 16.1 Å². The maximum Gasteiger partial charge on any atom is 0.354 e. The minimum atomic E-state index is -0.990. The van der Waals surface area contributed by atoms with E-state index in [0.29, 0.717) is 0 Å². The summed E-state index contributed by atoms with van der Waals surface area (Å²) in [5.41, 5.74) is 0.0810. The number of rotatable bonds is 1. The Bertz CT molecular complexity index is 212. The minimum Gasteiger partial charge on any atom is -0.477 e. The normalized spacial score (nSPS) is 8.00. The van der Waals surface area contributed by atoms with E-state index in [1.807, 2.05) is 0 Å². The second kappa shape index (κ2) is 4.14. The zero-order valence-electron chi connectivity index (χ0n) is 4.95. The van der Waals surface area contributed by atoms with Crippen LogP contribution in [0.5, 0.6) is 0 Å². The third kappa shape index (κ3) is 2.25. The zero-order valence-corrected chi connectivity index (χ0v) is 7.34. The van der Waals surface area contributed by atoms with E-state index in [-0.39, 0.29) is 25.8 Å². The van der Waals surface area contributed by atoms with Gasteiger partial charge in [0.05, 0.1) is 0 Å². The van der Waals surface area contributed by atoms with Crippen molar-refractivity contribution in [2.45, 2.75) is 0 Å². The molecule has 0 fully saturated rings. The fraction of sp³-hybridized carbons (Fsp3) is 0. The summed E-state index contributed by atoms with van der Waals surface area (Å²) in [6, 6.07) is 4.76. The van der Waals surface area contributed by atoms with Gasteiger partial charge in [0, 0.05) is 26.3 Å². The Balaban J connectivity index is 0.000000810. The van der Waals surface area contributed by atoms with Gasteiger partial charge in [-0.15, -0.1) is 0 Å². The van der Waals surface area contributed by atoms with Crippen molar-refractivity contribution in [1.29, 1.82) is 0 Å². The Morgan fingerprint density at radius 3 is 2.50 bits per heavy atom. The Hall–Kier alpha value is -0.731. The first-order chi connectivity index (χ1) is 4.30. The summed E-state index contributed by atoms with van der Waals surface area (Å²) >= 11 is 0. The van der Waals surface area contributed by atoms with Crippen molar-refractivity contribution >= 4 is 5.97 Å². The van der Waals surface area contributed by atoms with E-state index in [1.165, 1.54) is 12.3 Å². The quantitative estimate of drug-likeness (QED) is 0.833. The molecule has 0 aliphatic heterocycles. The summed E-state index contributed by atoms with van der Waals surface area (Å²) in [4.78, 5) is 13.7. The third-order valence-corrected chi connectivity index (χ3v) is 0.884. The molecular formula is C6H5IrNO2. The summed E-state index contributed by atoms with van der Waals surface area (Å²) in [6.07, 6.45) is 1.45. The number of aromatic carboxylic acids is 1. The number of carboxylic acids is 1. The number of hydrogen-bond donors (Lipinski definition) is 1. The van der Waals surface area contributed by atoms with E-state index in [9.17, 15) is 4.79 Å². The minimum absolute atomic E-state index is 0. The third-order valence-electron chi connectivity index (χ3n) is 0.884. The van der Waals surface area contributed by atoms with Crippen LogP contribution >= 0.6 is 0 Å². The van der Waals surface area contributed by atoms with E-state index < -0.39 is 5.97 Å². The van der Waals surface area contributed by atoms with Gasteiger partial charge < -0.3 is 5.11 Å². The van der Waals surface area contributed by atoms with E-state index in [1.54, 1.807) is 12.1 Å². The Kier molecular flexibility index (Phi) is 3.84. The van der Waals surface area contributed by atoms with Crippen LogP contribution in [0.1, 0.15) is 10.5 Å². The summed E-state index contributed by atoms with van der Waals surface area (Å²) in [6.45, 7) is 0. The molecule has 1 radical (unpaired) electrons. The number of carboxylic acid groups (broad SMARTS) is 1. The molecule has 1 rings (SSSR count).